The molecular weight excluding hydrogens is 426 g/mol. The zero-order valence-corrected chi connectivity index (χ0v) is 16.0. The second-order valence-corrected chi connectivity index (χ2v) is 8.24. The van der Waals surface area contributed by atoms with Crippen molar-refractivity contribution in [1.29, 1.82) is 0 Å². The molecule has 1 saturated heterocycles. The number of alkyl halides is 6. The summed E-state index contributed by atoms with van der Waals surface area (Å²) in [7, 11) is 0. The van der Waals surface area contributed by atoms with Crippen molar-refractivity contribution in [2.24, 2.45) is 22.7 Å². The van der Waals surface area contributed by atoms with Crippen molar-refractivity contribution in [3.8, 4) is 0 Å². The lowest BCUT2D eigenvalue weighted by Gasteiger charge is -2.69. The lowest BCUT2D eigenvalue weighted by atomic mass is 9.32. The van der Waals surface area contributed by atoms with Gasteiger partial charge in [-0.3, -0.25) is 9.59 Å². The van der Waals surface area contributed by atoms with Crippen LogP contribution in [0.25, 0.3) is 0 Å². The van der Waals surface area contributed by atoms with Gasteiger partial charge in [-0.2, -0.15) is 26.3 Å². The molecule has 30 heavy (non-hydrogen) atoms. The van der Waals surface area contributed by atoms with Gasteiger partial charge in [-0.05, 0) is 19.3 Å². The van der Waals surface area contributed by atoms with Crippen molar-refractivity contribution in [1.82, 2.24) is 0 Å². The van der Waals surface area contributed by atoms with Crippen LogP contribution < -0.4 is 0 Å². The summed E-state index contributed by atoms with van der Waals surface area (Å²) in [4.78, 5) is 36.8. The van der Waals surface area contributed by atoms with Crippen molar-refractivity contribution in [3.05, 3.63) is 12.2 Å². The van der Waals surface area contributed by atoms with Crippen LogP contribution in [0.4, 0.5) is 26.3 Å². The maximum atomic E-state index is 12.8. The third-order valence-corrected chi connectivity index (χ3v) is 6.30. The van der Waals surface area contributed by atoms with Crippen molar-refractivity contribution in [2.75, 3.05) is 0 Å². The molecular formula is C18H18F6O6. The molecule has 3 rings (SSSR count). The summed E-state index contributed by atoms with van der Waals surface area (Å²) in [5.74, 6) is -5.42. The Kier molecular flexibility index (Phi) is 4.76. The highest BCUT2D eigenvalue weighted by molar-refractivity contribution is 6.05. The molecule has 0 bridgehead atoms. The Hall–Kier alpha value is -2.27. The van der Waals surface area contributed by atoms with E-state index in [0.29, 0.717) is 0 Å². The van der Waals surface area contributed by atoms with Gasteiger partial charge in [0.25, 0.3) is 6.10 Å². The summed E-state index contributed by atoms with van der Waals surface area (Å²) in [5, 5.41) is 0. The molecule has 0 aromatic carbocycles. The van der Waals surface area contributed by atoms with E-state index in [-0.39, 0.29) is 11.5 Å². The van der Waals surface area contributed by atoms with Gasteiger partial charge >= 0.3 is 30.3 Å². The zero-order valence-electron chi connectivity index (χ0n) is 16.0. The van der Waals surface area contributed by atoms with Crippen molar-refractivity contribution in [3.63, 3.8) is 0 Å². The number of carbonyl (C=O) groups excluding carboxylic acids is 3. The highest BCUT2D eigenvalue weighted by Crippen LogP contribution is 2.78. The van der Waals surface area contributed by atoms with E-state index in [1.165, 1.54) is 6.92 Å². The van der Waals surface area contributed by atoms with Gasteiger partial charge in [0, 0.05) is 16.9 Å². The molecule has 0 spiro atoms. The first-order valence-corrected chi connectivity index (χ1v) is 8.93. The summed E-state index contributed by atoms with van der Waals surface area (Å²) in [5.41, 5.74) is -3.27. The number of halogens is 6. The second-order valence-electron chi connectivity index (χ2n) is 8.24. The molecule has 1 heterocycles. The fourth-order valence-corrected chi connectivity index (χ4v) is 4.91. The molecule has 1 aliphatic heterocycles. The molecule has 0 aromatic rings. The smallest absolute Gasteiger partial charge is 0.434 e. The lowest BCUT2D eigenvalue weighted by molar-refractivity contribution is -0.329. The minimum absolute atomic E-state index is 0.0462. The number of rotatable bonds is 5. The molecule has 0 radical (unpaired) electrons. The first-order valence-electron chi connectivity index (χ1n) is 8.93. The minimum atomic E-state index is -5.91. The molecule has 3 fully saturated rings. The average molecular weight is 444 g/mol. The van der Waals surface area contributed by atoms with Crippen molar-refractivity contribution in [2.45, 2.75) is 57.9 Å². The Morgan fingerprint density at radius 2 is 1.70 bits per heavy atom. The summed E-state index contributed by atoms with van der Waals surface area (Å²) >= 11 is 0. The summed E-state index contributed by atoms with van der Waals surface area (Å²) in [6, 6.07) is 0. The van der Waals surface area contributed by atoms with Gasteiger partial charge in [-0.15, -0.1) is 0 Å². The SMILES string of the molecule is C=C(C)C(=O)OC1C2OC(=O)C3(C(=O)OC(C(F)(F)F)C(F)(F)F)CC1(C(C)C)C23. The quantitative estimate of drug-likeness (QED) is 0.213. The Morgan fingerprint density at radius 1 is 1.17 bits per heavy atom. The Morgan fingerprint density at radius 3 is 2.13 bits per heavy atom. The molecule has 3 aliphatic rings. The molecule has 5 unspecified atom stereocenters. The zero-order chi connectivity index (χ0) is 23.0. The van der Waals surface area contributed by atoms with E-state index in [9.17, 15) is 40.7 Å². The van der Waals surface area contributed by atoms with E-state index >= 15 is 0 Å². The summed E-state index contributed by atoms with van der Waals surface area (Å²) in [6.07, 6.45) is -18.8. The molecule has 0 aromatic heterocycles. The third-order valence-electron chi connectivity index (χ3n) is 6.30. The highest BCUT2D eigenvalue weighted by atomic mass is 19.4. The van der Waals surface area contributed by atoms with Crippen LogP contribution in [0.3, 0.4) is 0 Å². The molecule has 12 heteroatoms. The van der Waals surface area contributed by atoms with Crippen LogP contribution in [0.2, 0.25) is 0 Å². The van der Waals surface area contributed by atoms with Crippen LogP contribution in [0, 0.1) is 22.7 Å². The molecule has 2 aliphatic carbocycles. The summed E-state index contributed by atoms with van der Waals surface area (Å²) in [6.45, 7) is 8.14. The molecule has 0 N–H and O–H groups in total. The fraction of sp³-hybridized carbons (Fsp3) is 0.722. The monoisotopic (exact) mass is 444 g/mol. The molecule has 2 saturated carbocycles. The molecule has 0 amide bonds. The van der Waals surface area contributed by atoms with E-state index in [2.05, 4.69) is 11.3 Å². The third kappa shape index (κ3) is 2.74. The van der Waals surface area contributed by atoms with Gasteiger partial charge in [0.05, 0.1) is 0 Å². The predicted molar refractivity (Wildman–Crippen MR) is 84.4 cm³/mol. The predicted octanol–water partition coefficient (Wildman–Crippen LogP) is 3.10. The average Bonchev–Trinajstić information content (AvgIpc) is 2.66. The first kappa shape index (κ1) is 22.4. The number of carbonyl (C=O) groups is 3. The van der Waals surface area contributed by atoms with E-state index in [1.54, 1.807) is 13.8 Å². The van der Waals surface area contributed by atoms with Crippen LogP contribution in [-0.4, -0.2) is 48.6 Å². The van der Waals surface area contributed by atoms with Gasteiger partial charge in [0.2, 0.25) is 0 Å². The number of ether oxygens (including phenoxy) is 3. The van der Waals surface area contributed by atoms with Crippen LogP contribution in [0.15, 0.2) is 12.2 Å². The standard InChI is InChI=1S/C18H18F6O6/c1-6(2)11(25)29-10-8-9-15(10,7(3)4)5-16(9,13(26)28-8)14(27)30-12(17(19,20)21)18(22,23)24/h7-10,12H,1,5H2,2-4H3. The molecule has 168 valence electrons. The summed E-state index contributed by atoms with van der Waals surface area (Å²) < 4.78 is 90.9. The fourth-order valence-electron chi connectivity index (χ4n) is 4.91. The maximum Gasteiger partial charge on any atom is 0.434 e. The van der Waals surface area contributed by atoms with Gasteiger partial charge < -0.3 is 14.2 Å². The number of hydrogen-bond donors (Lipinski definition) is 0. The van der Waals surface area contributed by atoms with Crippen LogP contribution in [0.1, 0.15) is 27.2 Å². The second kappa shape index (κ2) is 6.36. The number of esters is 3. The van der Waals surface area contributed by atoms with Crippen LogP contribution >= 0.6 is 0 Å². The van der Waals surface area contributed by atoms with E-state index in [1.807, 2.05) is 0 Å². The molecule has 6 nitrogen and oxygen atoms in total. The minimum Gasteiger partial charge on any atom is -0.457 e. The van der Waals surface area contributed by atoms with Crippen LogP contribution in [0.5, 0.6) is 0 Å². The van der Waals surface area contributed by atoms with E-state index < -0.39 is 71.7 Å². The maximum absolute atomic E-state index is 12.8. The number of hydrogen-bond acceptors (Lipinski definition) is 6. The highest BCUT2D eigenvalue weighted by Gasteiger charge is 2.90. The van der Waals surface area contributed by atoms with Crippen LogP contribution in [-0.2, 0) is 28.6 Å². The topological polar surface area (TPSA) is 78.9 Å². The first-order chi connectivity index (χ1) is 13.5. The van der Waals surface area contributed by atoms with Gasteiger partial charge in [0.15, 0.2) is 5.41 Å². The normalized spacial score (nSPS) is 34.6. The Balaban J connectivity index is 1.90. The van der Waals surface area contributed by atoms with Gasteiger partial charge in [-0.1, -0.05) is 20.4 Å². The lowest BCUT2D eigenvalue weighted by Crippen LogP contribution is -2.79. The van der Waals surface area contributed by atoms with E-state index in [0.717, 1.165) is 0 Å². The van der Waals surface area contributed by atoms with Crippen molar-refractivity contribution < 1.29 is 54.9 Å². The van der Waals surface area contributed by atoms with Crippen molar-refractivity contribution >= 4 is 17.9 Å². The molecule has 5 atom stereocenters. The Bertz CT molecular complexity index is 803. The van der Waals surface area contributed by atoms with Gasteiger partial charge in [-0.25, -0.2) is 4.79 Å². The van der Waals surface area contributed by atoms with E-state index in [4.69, 9.17) is 9.47 Å². The van der Waals surface area contributed by atoms with Gasteiger partial charge in [0.1, 0.15) is 12.2 Å². The Labute approximate surface area is 166 Å². The largest absolute Gasteiger partial charge is 0.457 e.